The number of hydrogen-bond acceptors (Lipinski definition) is 6. The molecule has 1 aromatic carbocycles. The third-order valence-corrected chi connectivity index (χ3v) is 6.65. The standard InChI is InChI=1S/C18H26N2O5S/c1-13(21)14-3-2-4-17(9-14)25-12-16(22)10-20-8-7-18(11-20)26(23,24)19-15-5-6-15/h2-4,9,15-16,18-19,22H,5-8,10-12H2,1H3/t16-,18-/m1/s1. The summed E-state index contributed by atoms with van der Waals surface area (Å²) in [5, 5.41) is 9.78. The molecule has 8 heteroatoms. The van der Waals surface area contributed by atoms with Crippen LogP contribution in [-0.4, -0.2) is 67.8 Å². The number of aliphatic hydroxyl groups excluding tert-OH is 1. The average molecular weight is 382 g/mol. The third kappa shape index (κ3) is 5.26. The monoisotopic (exact) mass is 382 g/mol. The van der Waals surface area contributed by atoms with Gasteiger partial charge in [0, 0.05) is 24.7 Å². The van der Waals surface area contributed by atoms with E-state index in [0.717, 1.165) is 12.8 Å². The van der Waals surface area contributed by atoms with Crippen LogP contribution in [0.4, 0.5) is 0 Å². The van der Waals surface area contributed by atoms with E-state index in [1.807, 2.05) is 4.90 Å². The van der Waals surface area contributed by atoms with Crippen molar-refractivity contribution in [2.45, 2.75) is 43.6 Å². The second-order valence-corrected chi connectivity index (χ2v) is 9.15. The zero-order valence-electron chi connectivity index (χ0n) is 14.9. The van der Waals surface area contributed by atoms with E-state index in [1.54, 1.807) is 24.3 Å². The molecule has 1 aliphatic heterocycles. The molecule has 0 aromatic heterocycles. The molecule has 1 saturated heterocycles. The predicted octanol–water partition coefficient (Wildman–Crippen LogP) is 0.785. The number of Topliss-reactive ketones (excluding diaryl/α,β-unsaturated/α-hetero) is 1. The molecule has 0 unspecified atom stereocenters. The first-order valence-corrected chi connectivity index (χ1v) is 10.5. The number of carbonyl (C=O) groups excluding carboxylic acids is 1. The van der Waals surface area contributed by atoms with Gasteiger partial charge in [0.2, 0.25) is 10.0 Å². The number of hydrogen-bond donors (Lipinski definition) is 2. The summed E-state index contributed by atoms with van der Waals surface area (Å²) < 4.78 is 32.8. The van der Waals surface area contributed by atoms with Crippen molar-refractivity contribution in [1.82, 2.24) is 9.62 Å². The summed E-state index contributed by atoms with van der Waals surface area (Å²) in [6.07, 6.45) is 1.71. The summed E-state index contributed by atoms with van der Waals surface area (Å²) in [6.45, 7) is 3.02. The Morgan fingerprint density at radius 1 is 1.38 bits per heavy atom. The second-order valence-electron chi connectivity index (χ2n) is 7.16. The summed E-state index contributed by atoms with van der Waals surface area (Å²) >= 11 is 0. The molecule has 1 aromatic rings. The maximum absolute atomic E-state index is 12.3. The van der Waals surface area contributed by atoms with Gasteiger partial charge in [0.1, 0.15) is 18.5 Å². The fourth-order valence-corrected chi connectivity index (χ4v) is 4.81. The maximum atomic E-state index is 12.3. The molecule has 1 saturated carbocycles. The largest absolute Gasteiger partial charge is 0.491 e. The van der Waals surface area contributed by atoms with Crippen LogP contribution in [0, 0.1) is 0 Å². The molecule has 1 heterocycles. The lowest BCUT2D eigenvalue weighted by Gasteiger charge is -2.20. The van der Waals surface area contributed by atoms with Gasteiger partial charge < -0.3 is 9.84 Å². The first-order chi connectivity index (χ1) is 12.3. The minimum Gasteiger partial charge on any atom is -0.491 e. The number of ether oxygens (including phenoxy) is 1. The molecule has 2 aliphatic rings. The highest BCUT2D eigenvalue weighted by molar-refractivity contribution is 7.90. The van der Waals surface area contributed by atoms with Crippen LogP contribution in [0.15, 0.2) is 24.3 Å². The minimum absolute atomic E-state index is 0.0416. The van der Waals surface area contributed by atoms with Gasteiger partial charge in [-0.2, -0.15) is 0 Å². The smallest absolute Gasteiger partial charge is 0.216 e. The third-order valence-electron chi connectivity index (χ3n) is 4.73. The fraction of sp³-hybridized carbons (Fsp3) is 0.611. The van der Waals surface area contributed by atoms with Crippen LogP contribution in [0.5, 0.6) is 5.75 Å². The molecular formula is C18H26N2O5S. The van der Waals surface area contributed by atoms with Crippen molar-refractivity contribution in [2.24, 2.45) is 0 Å². The van der Waals surface area contributed by atoms with Crippen LogP contribution in [0.25, 0.3) is 0 Å². The Hall–Kier alpha value is -1.48. The average Bonchev–Trinajstić information content (AvgIpc) is 3.26. The lowest BCUT2D eigenvalue weighted by molar-refractivity contribution is 0.0758. The number of likely N-dealkylation sites (tertiary alicyclic amines) is 1. The van der Waals surface area contributed by atoms with Gasteiger partial charge in [0.25, 0.3) is 0 Å². The van der Waals surface area contributed by atoms with Crippen molar-refractivity contribution < 1.29 is 23.1 Å². The molecule has 0 bridgehead atoms. The van der Waals surface area contributed by atoms with Crippen molar-refractivity contribution in [3.05, 3.63) is 29.8 Å². The van der Waals surface area contributed by atoms with Crippen molar-refractivity contribution in [2.75, 3.05) is 26.2 Å². The van der Waals surface area contributed by atoms with Crippen molar-refractivity contribution in [1.29, 1.82) is 0 Å². The number of nitrogens with one attached hydrogen (secondary N) is 1. The second kappa shape index (κ2) is 8.04. The van der Waals surface area contributed by atoms with E-state index in [-0.39, 0.29) is 18.4 Å². The first-order valence-electron chi connectivity index (χ1n) is 8.99. The molecule has 144 valence electrons. The number of aliphatic hydroxyl groups is 1. The number of carbonyl (C=O) groups is 1. The molecule has 2 atom stereocenters. The van der Waals surface area contributed by atoms with Gasteiger partial charge in [0.05, 0.1) is 5.25 Å². The number of benzene rings is 1. The van der Waals surface area contributed by atoms with Gasteiger partial charge in [0.15, 0.2) is 5.78 Å². The molecule has 26 heavy (non-hydrogen) atoms. The highest BCUT2D eigenvalue weighted by Gasteiger charge is 2.37. The van der Waals surface area contributed by atoms with Gasteiger partial charge in [-0.15, -0.1) is 0 Å². The molecule has 1 aliphatic carbocycles. The Morgan fingerprint density at radius 2 is 2.15 bits per heavy atom. The van der Waals surface area contributed by atoms with Crippen molar-refractivity contribution >= 4 is 15.8 Å². The lowest BCUT2D eigenvalue weighted by Crippen LogP contribution is -2.39. The Labute approximate surface area is 154 Å². The van der Waals surface area contributed by atoms with E-state index in [9.17, 15) is 18.3 Å². The maximum Gasteiger partial charge on any atom is 0.216 e. The van der Waals surface area contributed by atoms with Crippen molar-refractivity contribution in [3.63, 3.8) is 0 Å². The van der Waals surface area contributed by atoms with Crippen LogP contribution in [-0.2, 0) is 10.0 Å². The molecule has 2 N–H and O–H groups in total. The summed E-state index contributed by atoms with van der Waals surface area (Å²) in [4.78, 5) is 13.3. The topological polar surface area (TPSA) is 95.9 Å². The van der Waals surface area contributed by atoms with Gasteiger partial charge in [-0.1, -0.05) is 12.1 Å². The Kier molecular flexibility index (Phi) is 5.96. The molecule has 0 amide bonds. The van der Waals surface area contributed by atoms with Crippen molar-refractivity contribution in [3.8, 4) is 5.75 Å². The SMILES string of the molecule is CC(=O)c1cccc(OC[C@H](O)CN2CC[C@@H](S(=O)(=O)NC3CC3)C2)c1. The van der Waals surface area contributed by atoms with Crippen LogP contribution in [0.1, 0.15) is 36.5 Å². The Bertz CT molecular complexity index is 748. The zero-order chi connectivity index (χ0) is 18.7. The number of nitrogens with zero attached hydrogens (tertiary/aromatic N) is 1. The predicted molar refractivity (Wildman–Crippen MR) is 97.9 cm³/mol. The number of rotatable bonds is 9. The van der Waals surface area contributed by atoms with Gasteiger partial charge in [-0.3, -0.25) is 9.69 Å². The van der Waals surface area contributed by atoms with Crippen LogP contribution >= 0.6 is 0 Å². The summed E-state index contributed by atoms with van der Waals surface area (Å²) in [5.41, 5.74) is 0.563. The highest BCUT2D eigenvalue weighted by atomic mass is 32.2. The van der Waals surface area contributed by atoms with Crippen LogP contribution < -0.4 is 9.46 Å². The molecular weight excluding hydrogens is 356 g/mol. The van der Waals surface area contributed by atoms with E-state index in [0.29, 0.717) is 37.4 Å². The molecule has 3 rings (SSSR count). The van der Waals surface area contributed by atoms with Crippen LogP contribution in [0.2, 0.25) is 0 Å². The summed E-state index contributed by atoms with van der Waals surface area (Å²) in [7, 11) is -3.27. The Morgan fingerprint density at radius 3 is 2.85 bits per heavy atom. The van der Waals surface area contributed by atoms with Gasteiger partial charge >= 0.3 is 0 Å². The van der Waals surface area contributed by atoms with E-state index < -0.39 is 21.4 Å². The van der Waals surface area contributed by atoms with E-state index >= 15 is 0 Å². The molecule has 0 radical (unpaired) electrons. The van der Waals surface area contributed by atoms with Gasteiger partial charge in [-0.05, 0) is 44.9 Å². The van der Waals surface area contributed by atoms with E-state index in [4.69, 9.17) is 4.74 Å². The fourth-order valence-electron chi connectivity index (χ4n) is 3.09. The number of ketones is 1. The molecule has 7 nitrogen and oxygen atoms in total. The van der Waals surface area contributed by atoms with E-state index in [2.05, 4.69) is 4.72 Å². The van der Waals surface area contributed by atoms with E-state index in [1.165, 1.54) is 6.92 Å². The lowest BCUT2D eigenvalue weighted by atomic mass is 10.1. The molecule has 0 spiro atoms. The normalized spacial score (nSPS) is 22.3. The van der Waals surface area contributed by atoms with Gasteiger partial charge in [-0.25, -0.2) is 13.1 Å². The highest BCUT2D eigenvalue weighted by Crippen LogP contribution is 2.23. The zero-order valence-corrected chi connectivity index (χ0v) is 15.7. The molecule has 2 fully saturated rings. The number of sulfonamides is 1. The Balaban J connectivity index is 1.44. The minimum atomic E-state index is -3.27. The summed E-state index contributed by atoms with van der Waals surface area (Å²) in [5.74, 6) is 0.493. The first kappa shape index (κ1) is 19.3. The van der Waals surface area contributed by atoms with Crippen LogP contribution in [0.3, 0.4) is 0 Å². The number of β-amino-alcohol motifs (C(OH)–C–C–N with tert-alkyl or cyclic N) is 1. The quantitative estimate of drug-likeness (QED) is 0.613. The summed E-state index contributed by atoms with van der Waals surface area (Å²) in [6, 6.07) is 6.96.